The molecule has 0 aliphatic carbocycles. The molecule has 38 heavy (non-hydrogen) atoms. The summed E-state index contributed by atoms with van der Waals surface area (Å²) in [6.45, 7) is 0. The van der Waals surface area contributed by atoms with E-state index in [2.05, 4.69) is 15.6 Å². The third-order valence-corrected chi connectivity index (χ3v) is 6.30. The summed E-state index contributed by atoms with van der Waals surface area (Å²) in [6, 6.07) is 32.1. The summed E-state index contributed by atoms with van der Waals surface area (Å²) in [5.74, 6) is -2.15. The molecule has 0 aliphatic rings. The first-order valence-electron chi connectivity index (χ1n) is 12.1. The van der Waals surface area contributed by atoms with Crippen LogP contribution >= 0.6 is 0 Å². The number of aromatic nitrogens is 1. The predicted molar refractivity (Wildman–Crippen MR) is 147 cm³/mol. The lowest BCUT2D eigenvalue weighted by molar-refractivity contribution is -0.139. The van der Waals surface area contributed by atoms with Crippen LogP contribution in [0.5, 0.6) is 0 Å². The highest BCUT2D eigenvalue weighted by Gasteiger charge is 2.23. The Morgan fingerprint density at radius 3 is 2.13 bits per heavy atom. The molecule has 1 aromatic heterocycles. The number of fused-ring (bicyclic) bond motifs is 1. The Bertz CT molecular complexity index is 1570. The minimum absolute atomic E-state index is 0.111. The molecule has 1 unspecified atom stereocenters. The SMILES string of the molecule is O=C(Nc1ccccc1C(=O)NC(Cc1ccc(-c2ccccc2)cc1)C(=O)O)c1cc2ccccc2[nH]1. The third kappa shape index (κ3) is 5.47. The van der Waals surface area contributed by atoms with Crippen LogP contribution in [0.4, 0.5) is 5.69 Å². The quantitative estimate of drug-likeness (QED) is 0.224. The van der Waals surface area contributed by atoms with Crippen LogP contribution in [0.25, 0.3) is 22.0 Å². The van der Waals surface area contributed by atoms with Crippen LogP contribution in [0, 0.1) is 0 Å². The molecule has 5 aromatic rings. The lowest BCUT2D eigenvalue weighted by atomic mass is 10.0. The highest BCUT2D eigenvalue weighted by Crippen LogP contribution is 2.21. The van der Waals surface area contributed by atoms with Crippen LogP contribution in [0.15, 0.2) is 109 Å². The van der Waals surface area contributed by atoms with E-state index in [4.69, 9.17) is 0 Å². The molecule has 1 heterocycles. The van der Waals surface area contributed by atoms with Gasteiger partial charge in [-0.3, -0.25) is 9.59 Å². The topological polar surface area (TPSA) is 111 Å². The number of carbonyl (C=O) groups is 3. The number of para-hydroxylation sites is 2. The van der Waals surface area contributed by atoms with Crippen molar-refractivity contribution in [3.8, 4) is 11.1 Å². The van der Waals surface area contributed by atoms with E-state index in [0.29, 0.717) is 5.69 Å². The number of aromatic amines is 1. The second kappa shape index (κ2) is 10.8. The smallest absolute Gasteiger partial charge is 0.326 e. The summed E-state index contributed by atoms with van der Waals surface area (Å²) in [5, 5.41) is 16.1. The molecule has 188 valence electrons. The van der Waals surface area contributed by atoms with Crippen LogP contribution in [-0.2, 0) is 11.2 Å². The number of hydrogen-bond acceptors (Lipinski definition) is 3. The van der Waals surface area contributed by atoms with E-state index in [1.807, 2.05) is 78.9 Å². The van der Waals surface area contributed by atoms with Crippen molar-refractivity contribution in [1.82, 2.24) is 10.3 Å². The molecule has 5 rings (SSSR count). The van der Waals surface area contributed by atoms with Gasteiger partial charge in [-0.25, -0.2) is 4.79 Å². The Balaban J connectivity index is 1.29. The van der Waals surface area contributed by atoms with Crippen LogP contribution in [0.3, 0.4) is 0 Å². The van der Waals surface area contributed by atoms with Crippen molar-refractivity contribution < 1.29 is 19.5 Å². The zero-order valence-electron chi connectivity index (χ0n) is 20.3. The van der Waals surface area contributed by atoms with E-state index in [-0.39, 0.29) is 17.7 Å². The summed E-state index contributed by atoms with van der Waals surface area (Å²) < 4.78 is 0. The number of amides is 2. The molecule has 0 spiro atoms. The second-order valence-corrected chi connectivity index (χ2v) is 8.90. The van der Waals surface area contributed by atoms with Crippen LogP contribution in [0.2, 0.25) is 0 Å². The molecule has 7 nitrogen and oxygen atoms in total. The van der Waals surface area contributed by atoms with E-state index in [1.54, 1.807) is 30.3 Å². The van der Waals surface area contributed by atoms with E-state index < -0.39 is 23.8 Å². The Morgan fingerprint density at radius 1 is 0.737 bits per heavy atom. The molecule has 4 N–H and O–H groups in total. The molecule has 0 aliphatic heterocycles. The normalized spacial score (nSPS) is 11.6. The van der Waals surface area contributed by atoms with Gasteiger partial charge in [-0.15, -0.1) is 0 Å². The van der Waals surface area contributed by atoms with Crippen LogP contribution in [-0.4, -0.2) is 33.9 Å². The summed E-state index contributed by atoms with van der Waals surface area (Å²) in [7, 11) is 0. The summed E-state index contributed by atoms with van der Waals surface area (Å²) in [5.41, 5.74) is 4.48. The van der Waals surface area contributed by atoms with Crippen molar-refractivity contribution in [3.05, 3.63) is 126 Å². The number of aliphatic carboxylic acids is 1. The van der Waals surface area contributed by atoms with E-state index in [1.165, 1.54) is 0 Å². The average molecular weight is 504 g/mol. The monoisotopic (exact) mass is 503 g/mol. The number of carboxylic acids is 1. The molecule has 1 atom stereocenters. The summed E-state index contributed by atoms with van der Waals surface area (Å²) in [4.78, 5) is 41.1. The minimum atomic E-state index is -1.15. The number of nitrogens with one attached hydrogen (secondary N) is 3. The van der Waals surface area contributed by atoms with Gasteiger partial charge in [-0.05, 0) is 41.0 Å². The van der Waals surface area contributed by atoms with Crippen molar-refractivity contribution in [1.29, 1.82) is 0 Å². The standard InChI is InChI=1S/C31H25N3O4/c35-29(34-28(31(37)38)18-20-14-16-22(17-15-20)21-8-2-1-3-9-21)24-11-5-7-13-26(24)33-30(36)27-19-23-10-4-6-12-25(23)32-27/h1-17,19,28,32H,18H2,(H,33,36)(H,34,35)(H,37,38). The van der Waals surface area contributed by atoms with Crippen molar-refractivity contribution in [2.75, 3.05) is 5.32 Å². The van der Waals surface area contributed by atoms with Gasteiger partial charge in [0.15, 0.2) is 0 Å². The molecule has 0 bridgehead atoms. The van der Waals surface area contributed by atoms with Crippen molar-refractivity contribution in [2.45, 2.75) is 12.5 Å². The molecular weight excluding hydrogens is 478 g/mol. The first-order chi connectivity index (χ1) is 18.5. The lowest BCUT2D eigenvalue weighted by Gasteiger charge is -2.17. The molecule has 4 aromatic carbocycles. The maximum atomic E-state index is 13.1. The van der Waals surface area contributed by atoms with Gasteiger partial charge in [0, 0.05) is 17.3 Å². The van der Waals surface area contributed by atoms with Gasteiger partial charge >= 0.3 is 5.97 Å². The van der Waals surface area contributed by atoms with Crippen molar-refractivity contribution in [3.63, 3.8) is 0 Å². The Morgan fingerprint density at radius 2 is 1.39 bits per heavy atom. The van der Waals surface area contributed by atoms with Crippen molar-refractivity contribution in [2.24, 2.45) is 0 Å². The van der Waals surface area contributed by atoms with Gasteiger partial charge in [-0.1, -0.05) is 84.9 Å². The van der Waals surface area contributed by atoms with Gasteiger partial charge in [0.1, 0.15) is 11.7 Å². The van der Waals surface area contributed by atoms with Crippen LogP contribution < -0.4 is 10.6 Å². The zero-order chi connectivity index (χ0) is 26.5. The molecule has 2 amide bonds. The molecule has 7 heteroatoms. The van der Waals surface area contributed by atoms with E-state index in [9.17, 15) is 19.5 Å². The first-order valence-corrected chi connectivity index (χ1v) is 12.1. The molecule has 0 saturated carbocycles. The largest absolute Gasteiger partial charge is 0.480 e. The minimum Gasteiger partial charge on any atom is -0.480 e. The van der Waals surface area contributed by atoms with E-state index in [0.717, 1.165) is 27.6 Å². The van der Waals surface area contributed by atoms with Gasteiger partial charge in [0.05, 0.1) is 11.3 Å². The third-order valence-electron chi connectivity index (χ3n) is 6.30. The number of H-pyrrole nitrogens is 1. The Kier molecular flexibility index (Phi) is 6.99. The number of benzene rings is 4. The second-order valence-electron chi connectivity index (χ2n) is 8.90. The Labute approximate surface area is 219 Å². The highest BCUT2D eigenvalue weighted by atomic mass is 16.4. The predicted octanol–water partition coefficient (Wildman–Crippen LogP) is 5.51. The van der Waals surface area contributed by atoms with Gasteiger partial charge in [0.25, 0.3) is 11.8 Å². The average Bonchev–Trinajstić information content (AvgIpc) is 3.38. The molecule has 0 saturated heterocycles. The Hall–Kier alpha value is -5.17. The molecular formula is C31H25N3O4. The molecule has 0 fully saturated rings. The maximum Gasteiger partial charge on any atom is 0.326 e. The fourth-order valence-corrected chi connectivity index (χ4v) is 4.31. The fourth-order valence-electron chi connectivity index (χ4n) is 4.31. The number of anilines is 1. The first kappa shape index (κ1) is 24.5. The van der Waals surface area contributed by atoms with Gasteiger partial charge < -0.3 is 20.7 Å². The summed E-state index contributed by atoms with van der Waals surface area (Å²) in [6.07, 6.45) is 0.111. The van der Waals surface area contributed by atoms with Crippen LogP contribution in [0.1, 0.15) is 26.4 Å². The maximum absolute atomic E-state index is 13.1. The fraction of sp³-hybridized carbons (Fsp3) is 0.0645. The number of rotatable bonds is 8. The number of carbonyl (C=O) groups excluding carboxylic acids is 2. The number of carboxylic acid groups (broad SMARTS) is 1. The van der Waals surface area contributed by atoms with Gasteiger partial charge in [-0.2, -0.15) is 0 Å². The molecule has 0 radical (unpaired) electrons. The highest BCUT2D eigenvalue weighted by molar-refractivity contribution is 6.10. The summed E-state index contributed by atoms with van der Waals surface area (Å²) >= 11 is 0. The van der Waals surface area contributed by atoms with E-state index >= 15 is 0 Å². The zero-order valence-corrected chi connectivity index (χ0v) is 20.3. The van der Waals surface area contributed by atoms with Gasteiger partial charge in [0.2, 0.25) is 0 Å². The van der Waals surface area contributed by atoms with Crippen molar-refractivity contribution >= 4 is 34.4 Å². The lowest BCUT2D eigenvalue weighted by Crippen LogP contribution is -2.42. The number of hydrogen-bond donors (Lipinski definition) is 4.